The summed E-state index contributed by atoms with van der Waals surface area (Å²) in [5, 5.41) is 3.54. The first kappa shape index (κ1) is 20.3. The van der Waals surface area contributed by atoms with Gasteiger partial charge < -0.3 is 14.6 Å². The minimum Gasteiger partial charge on any atom is -0.464 e. The van der Waals surface area contributed by atoms with Gasteiger partial charge in [0.1, 0.15) is 5.76 Å². The topological polar surface area (TPSA) is 48.7 Å². The second-order valence-electron chi connectivity index (χ2n) is 8.77. The first-order valence-corrected chi connectivity index (χ1v) is 11.5. The number of hydrogen-bond donors (Lipinski definition) is 1. The number of carbonyl (C=O) groups excluding carboxylic acids is 1. The number of fused-ring (bicyclic) bond motifs is 2. The van der Waals surface area contributed by atoms with E-state index in [1.165, 1.54) is 22.3 Å². The van der Waals surface area contributed by atoms with Crippen LogP contribution in [0.4, 0.5) is 0 Å². The van der Waals surface area contributed by atoms with Crippen LogP contribution in [0.3, 0.4) is 0 Å². The van der Waals surface area contributed by atoms with Gasteiger partial charge in [-0.05, 0) is 42.6 Å². The molecule has 1 aliphatic carbocycles. The molecule has 0 spiro atoms. The maximum atomic E-state index is 12.6. The lowest BCUT2D eigenvalue weighted by molar-refractivity contribution is -0.131. The molecule has 1 saturated heterocycles. The predicted octanol–water partition coefficient (Wildman–Crippen LogP) is 4.43. The summed E-state index contributed by atoms with van der Waals surface area (Å²) in [7, 11) is 0. The van der Waals surface area contributed by atoms with E-state index in [4.69, 9.17) is 4.42 Å². The molecule has 0 saturated carbocycles. The Balaban J connectivity index is 1.09. The number of unbranched alkanes of at least 4 members (excludes halogenated alkanes) is 2. The fourth-order valence-electron chi connectivity index (χ4n) is 5.03. The molecule has 5 rings (SSSR count). The maximum absolute atomic E-state index is 12.6. The Morgan fingerprint density at radius 1 is 1.00 bits per heavy atom. The van der Waals surface area contributed by atoms with E-state index < -0.39 is 0 Å². The largest absolute Gasteiger partial charge is 0.464 e. The Morgan fingerprint density at radius 2 is 1.84 bits per heavy atom. The highest BCUT2D eigenvalue weighted by Crippen LogP contribution is 2.35. The Labute approximate surface area is 184 Å². The highest BCUT2D eigenvalue weighted by molar-refractivity contribution is 5.77. The summed E-state index contributed by atoms with van der Waals surface area (Å²) in [6.45, 7) is 5.65. The second kappa shape index (κ2) is 9.25. The van der Waals surface area contributed by atoms with Crippen LogP contribution in [0.1, 0.15) is 48.4 Å². The monoisotopic (exact) mass is 417 g/mol. The predicted molar refractivity (Wildman–Crippen MR) is 122 cm³/mol. The summed E-state index contributed by atoms with van der Waals surface area (Å²) < 4.78 is 5.83. The quantitative estimate of drug-likeness (QED) is 0.578. The fourth-order valence-corrected chi connectivity index (χ4v) is 5.03. The van der Waals surface area contributed by atoms with Crippen LogP contribution in [0.25, 0.3) is 11.3 Å². The SMILES string of the molecule is O=C(CCCCCN1CCNCC1c1ccc2cccoc1-2)N1Cc2ccccc2C1. The third kappa shape index (κ3) is 4.39. The standard InChI is InChI=1S/C26H31N3O2/c30-25(29-18-21-7-3-4-8-22(21)19-29)10-2-1-5-14-28-15-13-27-17-24(28)23-12-11-20-9-6-16-31-26(20)23/h3-4,6-9,11-12,16,24,27H,1-2,5,10,13-15,17-19H2. The van der Waals surface area contributed by atoms with Gasteiger partial charge in [-0.2, -0.15) is 0 Å². The smallest absolute Gasteiger partial charge is 0.223 e. The molecule has 1 fully saturated rings. The fraction of sp³-hybridized carbons (Fsp3) is 0.423. The van der Waals surface area contributed by atoms with E-state index in [9.17, 15) is 4.79 Å². The van der Waals surface area contributed by atoms with E-state index in [2.05, 4.69) is 52.7 Å². The van der Waals surface area contributed by atoms with Gasteiger partial charge >= 0.3 is 0 Å². The first-order valence-electron chi connectivity index (χ1n) is 11.5. The molecule has 162 valence electrons. The highest BCUT2D eigenvalue weighted by Gasteiger charge is 2.28. The number of amides is 1. The molecule has 0 bridgehead atoms. The normalized spacial score (nSPS) is 19.1. The molecule has 1 unspecified atom stereocenters. The molecular formula is C26H31N3O2. The van der Waals surface area contributed by atoms with Gasteiger partial charge in [-0.15, -0.1) is 0 Å². The molecule has 1 amide bonds. The van der Waals surface area contributed by atoms with E-state index in [0.29, 0.717) is 18.4 Å². The molecule has 4 aliphatic rings. The number of nitrogens with one attached hydrogen (secondary N) is 1. The Morgan fingerprint density at radius 3 is 2.68 bits per heavy atom. The highest BCUT2D eigenvalue weighted by atomic mass is 16.3. The van der Waals surface area contributed by atoms with E-state index >= 15 is 0 Å². The van der Waals surface area contributed by atoms with Gasteiger partial charge in [-0.3, -0.25) is 9.69 Å². The van der Waals surface area contributed by atoms with Crippen molar-refractivity contribution in [2.45, 2.75) is 44.8 Å². The van der Waals surface area contributed by atoms with Crippen LogP contribution in [0.5, 0.6) is 0 Å². The van der Waals surface area contributed by atoms with Crippen LogP contribution in [-0.2, 0) is 17.9 Å². The lowest BCUT2D eigenvalue weighted by atomic mass is 10.0. The van der Waals surface area contributed by atoms with Gasteiger partial charge in [0.05, 0.1) is 12.3 Å². The van der Waals surface area contributed by atoms with E-state index in [1.807, 2.05) is 11.0 Å². The zero-order valence-electron chi connectivity index (χ0n) is 18.1. The van der Waals surface area contributed by atoms with Crippen LogP contribution in [0, 0.1) is 0 Å². The summed E-state index contributed by atoms with van der Waals surface area (Å²) in [4.78, 5) is 17.2. The molecule has 3 heterocycles. The summed E-state index contributed by atoms with van der Waals surface area (Å²) >= 11 is 0. The van der Waals surface area contributed by atoms with Crippen molar-refractivity contribution in [1.82, 2.24) is 15.1 Å². The average molecular weight is 418 g/mol. The van der Waals surface area contributed by atoms with Gasteiger partial charge in [0, 0.05) is 50.3 Å². The zero-order chi connectivity index (χ0) is 21.0. The minimum absolute atomic E-state index is 0.293. The molecule has 0 radical (unpaired) electrons. The van der Waals surface area contributed by atoms with Crippen molar-refractivity contribution in [2.24, 2.45) is 0 Å². The number of rotatable bonds is 7. The third-order valence-electron chi connectivity index (χ3n) is 6.75. The molecule has 31 heavy (non-hydrogen) atoms. The lowest BCUT2D eigenvalue weighted by Gasteiger charge is -2.36. The lowest BCUT2D eigenvalue weighted by Crippen LogP contribution is -2.46. The van der Waals surface area contributed by atoms with Crippen molar-refractivity contribution in [1.29, 1.82) is 0 Å². The molecule has 1 aromatic carbocycles. The second-order valence-corrected chi connectivity index (χ2v) is 8.77. The van der Waals surface area contributed by atoms with Crippen LogP contribution >= 0.6 is 0 Å². The van der Waals surface area contributed by atoms with Crippen molar-refractivity contribution >= 4 is 5.91 Å². The van der Waals surface area contributed by atoms with E-state index in [0.717, 1.165) is 64.3 Å². The Hall–Kier alpha value is -2.63. The van der Waals surface area contributed by atoms with Gasteiger partial charge in [0.25, 0.3) is 0 Å². The molecule has 5 heteroatoms. The molecule has 0 aromatic heterocycles. The van der Waals surface area contributed by atoms with Crippen molar-refractivity contribution in [3.05, 3.63) is 71.5 Å². The molecule has 1 aromatic rings. The van der Waals surface area contributed by atoms with E-state index in [1.54, 1.807) is 6.26 Å². The Kier molecular flexibility index (Phi) is 6.05. The maximum Gasteiger partial charge on any atom is 0.223 e. The average Bonchev–Trinajstić information content (AvgIpc) is 3.43. The first-order chi connectivity index (χ1) is 15.3. The van der Waals surface area contributed by atoms with Crippen LogP contribution in [0.2, 0.25) is 0 Å². The summed E-state index contributed by atoms with van der Waals surface area (Å²) in [5.41, 5.74) is 5.05. The van der Waals surface area contributed by atoms with Crippen molar-refractivity contribution < 1.29 is 9.21 Å². The number of carbonyl (C=O) groups is 1. The zero-order valence-corrected chi connectivity index (χ0v) is 18.1. The van der Waals surface area contributed by atoms with Gasteiger partial charge in [0.15, 0.2) is 0 Å². The molecule has 1 atom stereocenters. The van der Waals surface area contributed by atoms with Gasteiger partial charge in [-0.25, -0.2) is 0 Å². The van der Waals surface area contributed by atoms with Crippen molar-refractivity contribution in [2.75, 3.05) is 26.2 Å². The summed E-state index contributed by atoms with van der Waals surface area (Å²) in [5.74, 6) is 1.31. The Bertz CT molecular complexity index is 973. The summed E-state index contributed by atoms with van der Waals surface area (Å²) in [6, 6.07) is 17.2. The van der Waals surface area contributed by atoms with E-state index in [-0.39, 0.29) is 0 Å². The van der Waals surface area contributed by atoms with Crippen molar-refractivity contribution in [3.63, 3.8) is 0 Å². The number of piperazine rings is 1. The van der Waals surface area contributed by atoms with Crippen LogP contribution < -0.4 is 5.32 Å². The molecular weight excluding hydrogens is 386 g/mol. The number of benzene rings is 1. The number of nitrogens with zero attached hydrogens (tertiary/aromatic N) is 2. The van der Waals surface area contributed by atoms with Crippen molar-refractivity contribution in [3.8, 4) is 11.3 Å². The van der Waals surface area contributed by atoms with Crippen LogP contribution in [-0.4, -0.2) is 41.9 Å². The molecule has 3 aliphatic heterocycles. The molecule has 1 N–H and O–H groups in total. The molecule has 5 nitrogen and oxygen atoms in total. The van der Waals surface area contributed by atoms with Crippen LogP contribution in [0.15, 0.2) is 59.2 Å². The minimum atomic E-state index is 0.293. The third-order valence-corrected chi connectivity index (χ3v) is 6.75. The van der Waals surface area contributed by atoms with Gasteiger partial charge in [-0.1, -0.05) is 42.8 Å². The van der Waals surface area contributed by atoms with Gasteiger partial charge in [0.2, 0.25) is 5.91 Å². The summed E-state index contributed by atoms with van der Waals surface area (Å²) in [6.07, 6.45) is 5.61. The number of hydrogen-bond acceptors (Lipinski definition) is 4.